The zero-order chi connectivity index (χ0) is 14.5. The number of hydrogen-bond acceptors (Lipinski definition) is 4. The van der Waals surface area contributed by atoms with Gasteiger partial charge in [-0.25, -0.2) is 0 Å². The van der Waals surface area contributed by atoms with Crippen LogP contribution in [0.4, 0.5) is 13.2 Å². The lowest BCUT2D eigenvalue weighted by molar-refractivity contribution is -0.491. The summed E-state index contributed by atoms with van der Waals surface area (Å²) in [7, 11) is 0. The van der Waals surface area contributed by atoms with Crippen molar-refractivity contribution in [2.24, 2.45) is 5.92 Å². The van der Waals surface area contributed by atoms with Crippen molar-refractivity contribution < 1.29 is 28.0 Å². The van der Waals surface area contributed by atoms with Gasteiger partial charge in [-0.2, -0.15) is 13.2 Å². The zero-order valence-electron chi connectivity index (χ0n) is 9.90. The van der Waals surface area contributed by atoms with Crippen molar-refractivity contribution in [3.63, 3.8) is 0 Å². The van der Waals surface area contributed by atoms with Crippen molar-refractivity contribution in [1.82, 2.24) is 5.32 Å². The number of halogens is 3. The van der Waals surface area contributed by atoms with Gasteiger partial charge in [0.1, 0.15) is 6.04 Å². The van der Waals surface area contributed by atoms with E-state index in [9.17, 15) is 28.1 Å². The van der Waals surface area contributed by atoms with Gasteiger partial charge in [0.05, 0.1) is 0 Å². The van der Waals surface area contributed by atoms with Crippen LogP contribution >= 0.6 is 0 Å². The SMILES string of the molecule is CC(C)C[C@H](N[C@@H](C[N+](=O)[O-])C(F)(F)F)C(=O)O. The Kier molecular flexibility index (Phi) is 6.02. The molecular formula is C9H15F3N2O4. The molecule has 0 aromatic heterocycles. The van der Waals surface area contributed by atoms with Crippen LogP contribution < -0.4 is 5.32 Å². The first-order chi connectivity index (χ1) is 8.04. The van der Waals surface area contributed by atoms with Crippen LogP contribution in [0.2, 0.25) is 0 Å². The minimum Gasteiger partial charge on any atom is -0.480 e. The second-order valence-electron chi connectivity index (χ2n) is 4.30. The predicted octanol–water partition coefficient (Wildman–Crippen LogP) is 1.28. The average molecular weight is 272 g/mol. The molecule has 106 valence electrons. The summed E-state index contributed by atoms with van der Waals surface area (Å²) >= 11 is 0. The van der Waals surface area contributed by atoms with E-state index in [0.29, 0.717) is 0 Å². The second-order valence-corrected chi connectivity index (χ2v) is 4.30. The number of nitro groups is 1. The van der Waals surface area contributed by atoms with E-state index in [4.69, 9.17) is 5.11 Å². The monoisotopic (exact) mass is 272 g/mol. The number of hydrogen-bond donors (Lipinski definition) is 2. The molecule has 18 heavy (non-hydrogen) atoms. The van der Waals surface area contributed by atoms with Gasteiger partial charge in [-0.05, 0) is 12.3 Å². The molecule has 0 unspecified atom stereocenters. The molecule has 0 bridgehead atoms. The smallest absolute Gasteiger partial charge is 0.410 e. The summed E-state index contributed by atoms with van der Waals surface area (Å²) in [6.45, 7) is 1.90. The standard InChI is InChI=1S/C9H15F3N2O4/c1-5(2)3-6(8(15)16)13-7(4-14(17)18)9(10,11)12/h5-7,13H,3-4H2,1-2H3,(H,15,16)/t6-,7-/m0/s1. The Morgan fingerprint density at radius 3 is 2.22 bits per heavy atom. The highest BCUT2D eigenvalue weighted by Gasteiger charge is 2.45. The van der Waals surface area contributed by atoms with Crippen molar-refractivity contribution in [3.05, 3.63) is 10.1 Å². The molecule has 0 aromatic rings. The van der Waals surface area contributed by atoms with Gasteiger partial charge in [0.15, 0.2) is 6.04 Å². The predicted molar refractivity (Wildman–Crippen MR) is 55.7 cm³/mol. The van der Waals surface area contributed by atoms with Crippen molar-refractivity contribution in [2.45, 2.75) is 38.5 Å². The molecule has 0 aromatic carbocycles. The molecule has 2 atom stereocenters. The molecule has 0 saturated heterocycles. The molecule has 0 aliphatic heterocycles. The van der Waals surface area contributed by atoms with Gasteiger partial charge in [0.2, 0.25) is 6.54 Å². The van der Waals surface area contributed by atoms with Crippen molar-refractivity contribution in [1.29, 1.82) is 0 Å². The molecule has 0 heterocycles. The van der Waals surface area contributed by atoms with Crippen LogP contribution in [-0.4, -0.2) is 40.8 Å². The number of carboxylic acid groups (broad SMARTS) is 1. The lowest BCUT2D eigenvalue weighted by Gasteiger charge is -2.23. The van der Waals surface area contributed by atoms with Gasteiger partial charge in [-0.3, -0.25) is 20.2 Å². The number of alkyl halides is 3. The molecule has 0 spiro atoms. The molecular weight excluding hydrogens is 257 g/mol. The third-order valence-electron chi connectivity index (χ3n) is 2.13. The number of nitrogens with zero attached hydrogens (tertiary/aromatic N) is 1. The molecule has 0 rings (SSSR count). The average Bonchev–Trinajstić information content (AvgIpc) is 2.12. The van der Waals surface area contributed by atoms with Crippen LogP contribution in [0.5, 0.6) is 0 Å². The maximum Gasteiger partial charge on any atom is 0.410 e. The number of nitrogens with one attached hydrogen (secondary N) is 1. The first-order valence-electron chi connectivity index (χ1n) is 5.21. The fourth-order valence-electron chi connectivity index (χ4n) is 1.35. The Labute approximate surface area is 101 Å². The van der Waals surface area contributed by atoms with Crippen LogP contribution in [0.25, 0.3) is 0 Å². The second kappa shape index (κ2) is 6.53. The summed E-state index contributed by atoms with van der Waals surface area (Å²) in [4.78, 5) is 19.8. The zero-order valence-corrected chi connectivity index (χ0v) is 9.90. The summed E-state index contributed by atoms with van der Waals surface area (Å²) in [5.41, 5.74) is 0. The Balaban J connectivity index is 4.80. The van der Waals surface area contributed by atoms with Gasteiger partial charge in [0.25, 0.3) is 0 Å². The topological polar surface area (TPSA) is 92.5 Å². The molecule has 6 nitrogen and oxygen atoms in total. The largest absolute Gasteiger partial charge is 0.480 e. The van der Waals surface area contributed by atoms with Crippen LogP contribution in [0, 0.1) is 16.0 Å². The maximum atomic E-state index is 12.5. The first kappa shape index (κ1) is 16.6. The lowest BCUT2D eigenvalue weighted by Crippen LogP contribution is -2.53. The van der Waals surface area contributed by atoms with Gasteiger partial charge in [-0.15, -0.1) is 0 Å². The third-order valence-corrected chi connectivity index (χ3v) is 2.13. The highest BCUT2D eigenvalue weighted by molar-refractivity contribution is 5.73. The highest BCUT2D eigenvalue weighted by atomic mass is 19.4. The van der Waals surface area contributed by atoms with Crippen LogP contribution in [0.3, 0.4) is 0 Å². The highest BCUT2D eigenvalue weighted by Crippen LogP contribution is 2.21. The Hall–Kier alpha value is -1.38. The van der Waals surface area contributed by atoms with Gasteiger partial charge in [-0.1, -0.05) is 13.8 Å². The van der Waals surface area contributed by atoms with E-state index >= 15 is 0 Å². The molecule has 0 radical (unpaired) electrons. The fourth-order valence-corrected chi connectivity index (χ4v) is 1.35. The molecule has 0 fully saturated rings. The molecule has 9 heteroatoms. The first-order valence-corrected chi connectivity index (χ1v) is 5.21. The van der Waals surface area contributed by atoms with Crippen molar-refractivity contribution in [3.8, 4) is 0 Å². The summed E-state index contributed by atoms with van der Waals surface area (Å²) in [6.07, 6.45) is -4.91. The number of rotatable bonds is 7. The Morgan fingerprint density at radius 1 is 1.44 bits per heavy atom. The number of aliphatic carboxylic acids is 1. The maximum absolute atomic E-state index is 12.5. The van der Waals surface area contributed by atoms with Gasteiger partial charge < -0.3 is 5.11 Å². The molecule has 0 amide bonds. The van der Waals surface area contributed by atoms with Crippen LogP contribution in [-0.2, 0) is 4.79 Å². The van der Waals surface area contributed by atoms with Crippen LogP contribution in [0.15, 0.2) is 0 Å². The molecule has 0 aliphatic carbocycles. The lowest BCUT2D eigenvalue weighted by atomic mass is 10.0. The fraction of sp³-hybridized carbons (Fsp3) is 0.889. The van der Waals surface area contributed by atoms with Crippen molar-refractivity contribution >= 4 is 5.97 Å². The van der Waals surface area contributed by atoms with E-state index in [2.05, 4.69) is 0 Å². The van der Waals surface area contributed by atoms with E-state index in [1.807, 2.05) is 0 Å². The summed E-state index contributed by atoms with van der Waals surface area (Å²) < 4.78 is 37.4. The summed E-state index contributed by atoms with van der Waals surface area (Å²) in [6, 6.07) is -3.93. The van der Waals surface area contributed by atoms with Gasteiger partial charge >= 0.3 is 12.1 Å². The van der Waals surface area contributed by atoms with Crippen molar-refractivity contribution in [2.75, 3.05) is 6.54 Å². The molecule has 2 N–H and O–H groups in total. The summed E-state index contributed by atoms with van der Waals surface area (Å²) in [5, 5.41) is 20.7. The number of carboxylic acids is 1. The quantitative estimate of drug-likeness (QED) is 0.538. The number of carbonyl (C=O) groups is 1. The van der Waals surface area contributed by atoms with E-state index in [1.54, 1.807) is 19.2 Å². The molecule has 0 saturated carbocycles. The van der Waals surface area contributed by atoms with E-state index in [0.717, 1.165) is 0 Å². The Bertz CT molecular complexity index is 307. The summed E-state index contributed by atoms with van der Waals surface area (Å²) in [5.74, 6) is -1.61. The van der Waals surface area contributed by atoms with E-state index in [-0.39, 0.29) is 12.3 Å². The normalized spacial score (nSPS) is 15.4. The third kappa shape index (κ3) is 6.38. The van der Waals surface area contributed by atoms with E-state index in [1.165, 1.54) is 0 Å². The minimum absolute atomic E-state index is 0.0420. The Morgan fingerprint density at radius 2 is 1.94 bits per heavy atom. The van der Waals surface area contributed by atoms with Gasteiger partial charge in [0, 0.05) is 4.92 Å². The van der Waals surface area contributed by atoms with E-state index < -0.39 is 35.7 Å². The van der Waals surface area contributed by atoms with Crippen LogP contribution in [0.1, 0.15) is 20.3 Å². The minimum atomic E-state index is -4.86. The molecule has 0 aliphatic rings.